The van der Waals surface area contributed by atoms with Gasteiger partial charge < -0.3 is 9.80 Å². The second-order valence-corrected chi connectivity index (χ2v) is 7.79. The third-order valence-corrected chi connectivity index (χ3v) is 5.88. The summed E-state index contributed by atoms with van der Waals surface area (Å²) in [5, 5.41) is 0.954. The molecule has 5 heteroatoms. The highest BCUT2D eigenvalue weighted by Crippen LogP contribution is 2.34. The van der Waals surface area contributed by atoms with Gasteiger partial charge in [-0.1, -0.05) is 55.1 Å². The lowest BCUT2D eigenvalue weighted by Gasteiger charge is -2.24. The number of aromatic nitrogens is 1. The van der Waals surface area contributed by atoms with Crippen LogP contribution in [0, 0.1) is 5.92 Å². The smallest absolute Gasteiger partial charge is 0.256 e. The van der Waals surface area contributed by atoms with Crippen molar-refractivity contribution in [2.24, 2.45) is 5.92 Å². The number of hydrogen-bond donors (Lipinski definition) is 0. The third kappa shape index (κ3) is 3.83. The first-order valence-electron chi connectivity index (χ1n) is 10.1. The maximum Gasteiger partial charge on any atom is 0.256 e. The average molecular weight is 399 g/mol. The van der Waals surface area contributed by atoms with Gasteiger partial charge in [-0.25, -0.2) is 0 Å². The zero-order valence-electron chi connectivity index (χ0n) is 17.1. The molecular formula is C25H25N3O2. The standard InChI is InChI=1S/C25H25N3O2/c1-3-23(29)27(2)15-20-16-28(17-22(20)18-9-5-4-6-10-18)25(30)21-13-7-11-19-12-8-14-26-24(19)21/h3-14,20,22H,1,15-17H2,2H3/t20?,22-/m1/s1. The quantitative estimate of drug-likeness (QED) is 0.614. The Balaban J connectivity index is 1.63. The zero-order valence-corrected chi connectivity index (χ0v) is 17.1. The van der Waals surface area contributed by atoms with E-state index >= 15 is 0 Å². The number of carbonyl (C=O) groups excluding carboxylic acids is 2. The number of para-hydroxylation sites is 1. The van der Waals surface area contributed by atoms with Crippen molar-refractivity contribution < 1.29 is 9.59 Å². The molecule has 2 heterocycles. The van der Waals surface area contributed by atoms with Gasteiger partial charge in [-0.05, 0) is 23.8 Å². The van der Waals surface area contributed by atoms with Crippen LogP contribution in [0.2, 0.25) is 0 Å². The van der Waals surface area contributed by atoms with Gasteiger partial charge >= 0.3 is 0 Å². The van der Waals surface area contributed by atoms with Crippen LogP contribution >= 0.6 is 0 Å². The van der Waals surface area contributed by atoms with Gasteiger partial charge in [0, 0.05) is 50.1 Å². The van der Waals surface area contributed by atoms with Gasteiger partial charge in [0.25, 0.3) is 5.91 Å². The molecule has 2 aromatic carbocycles. The number of likely N-dealkylation sites (tertiary alicyclic amines) is 1. The number of fused-ring (bicyclic) bond motifs is 1. The number of benzene rings is 2. The summed E-state index contributed by atoms with van der Waals surface area (Å²) < 4.78 is 0. The van der Waals surface area contributed by atoms with Crippen LogP contribution in [0.4, 0.5) is 0 Å². The van der Waals surface area contributed by atoms with Gasteiger partial charge in [-0.3, -0.25) is 14.6 Å². The number of likely N-dealkylation sites (N-methyl/N-ethyl adjacent to an activating group) is 1. The molecule has 0 bridgehead atoms. The molecule has 1 aromatic heterocycles. The van der Waals surface area contributed by atoms with Crippen LogP contribution < -0.4 is 0 Å². The molecule has 0 radical (unpaired) electrons. The van der Waals surface area contributed by atoms with Gasteiger partial charge in [0.05, 0.1) is 11.1 Å². The highest BCUT2D eigenvalue weighted by Gasteiger charge is 2.37. The molecule has 3 aromatic rings. The second-order valence-electron chi connectivity index (χ2n) is 7.79. The monoisotopic (exact) mass is 399 g/mol. The van der Waals surface area contributed by atoms with Crippen LogP contribution in [0.5, 0.6) is 0 Å². The lowest BCUT2D eigenvalue weighted by atomic mass is 9.88. The minimum absolute atomic E-state index is 0.0135. The summed E-state index contributed by atoms with van der Waals surface area (Å²) >= 11 is 0. The van der Waals surface area contributed by atoms with Crippen LogP contribution in [0.1, 0.15) is 21.8 Å². The molecule has 0 N–H and O–H groups in total. The van der Waals surface area contributed by atoms with Gasteiger partial charge in [-0.15, -0.1) is 0 Å². The molecule has 2 atom stereocenters. The second kappa shape index (κ2) is 8.49. The van der Waals surface area contributed by atoms with Crippen LogP contribution in [0.25, 0.3) is 10.9 Å². The molecular weight excluding hydrogens is 374 g/mol. The van der Waals surface area contributed by atoms with Crippen LogP contribution in [-0.2, 0) is 4.79 Å². The number of hydrogen-bond acceptors (Lipinski definition) is 3. The number of amides is 2. The van der Waals surface area contributed by atoms with E-state index in [0.717, 1.165) is 10.9 Å². The van der Waals surface area contributed by atoms with Crippen LogP contribution in [0.3, 0.4) is 0 Å². The Bertz CT molecular complexity index is 1070. The summed E-state index contributed by atoms with van der Waals surface area (Å²) in [7, 11) is 1.78. The Labute approximate surface area is 176 Å². The number of carbonyl (C=O) groups is 2. The SMILES string of the molecule is C=CC(=O)N(C)CC1CN(C(=O)c2cccc3cccnc23)C[C@@H]1c1ccccc1. The maximum atomic E-state index is 13.4. The molecule has 0 aliphatic carbocycles. The zero-order chi connectivity index (χ0) is 21.1. The first kappa shape index (κ1) is 19.8. The molecule has 1 fully saturated rings. The molecule has 1 unspecified atom stereocenters. The minimum atomic E-state index is -0.107. The van der Waals surface area contributed by atoms with Crippen LogP contribution in [0.15, 0.2) is 79.5 Å². The van der Waals surface area contributed by atoms with E-state index in [4.69, 9.17) is 0 Å². The largest absolute Gasteiger partial charge is 0.342 e. The summed E-state index contributed by atoms with van der Waals surface area (Å²) in [4.78, 5) is 33.5. The molecule has 0 saturated carbocycles. The van der Waals surface area contributed by atoms with E-state index in [2.05, 4.69) is 23.7 Å². The van der Waals surface area contributed by atoms with Crippen molar-refractivity contribution in [3.63, 3.8) is 0 Å². The van der Waals surface area contributed by atoms with Crippen molar-refractivity contribution in [3.05, 3.63) is 90.6 Å². The van der Waals surface area contributed by atoms with Crippen molar-refractivity contribution in [2.75, 3.05) is 26.7 Å². The average Bonchev–Trinajstić information content (AvgIpc) is 3.21. The Hall–Kier alpha value is -3.47. The molecule has 2 amide bonds. The molecule has 5 nitrogen and oxygen atoms in total. The normalized spacial score (nSPS) is 18.4. The molecule has 152 valence electrons. The van der Waals surface area contributed by atoms with Crippen molar-refractivity contribution in [1.82, 2.24) is 14.8 Å². The predicted molar refractivity (Wildman–Crippen MR) is 118 cm³/mol. The first-order chi connectivity index (χ1) is 14.6. The highest BCUT2D eigenvalue weighted by atomic mass is 16.2. The van der Waals surface area contributed by atoms with E-state index in [1.54, 1.807) is 18.1 Å². The van der Waals surface area contributed by atoms with Gasteiger partial charge in [0.2, 0.25) is 5.91 Å². The fraction of sp³-hybridized carbons (Fsp3) is 0.240. The highest BCUT2D eigenvalue weighted by molar-refractivity contribution is 6.05. The van der Waals surface area contributed by atoms with E-state index in [9.17, 15) is 9.59 Å². The number of nitrogens with zero attached hydrogens (tertiary/aromatic N) is 3. The Morgan fingerprint density at radius 1 is 1.10 bits per heavy atom. The van der Waals surface area contributed by atoms with Gasteiger partial charge in [0.1, 0.15) is 0 Å². The summed E-state index contributed by atoms with van der Waals surface area (Å²) in [6.45, 7) is 5.37. The maximum absolute atomic E-state index is 13.4. The Kier molecular flexibility index (Phi) is 5.61. The lowest BCUT2D eigenvalue weighted by molar-refractivity contribution is -0.125. The van der Waals surface area contributed by atoms with E-state index in [1.165, 1.54) is 11.6 Å². The summed E-state index contributed by atoms with van der Waals surface area (Å²) in [5.74, 6) is 0.191. The van der Waals surface area contributed by atoms with Gasteiger partial charge in [-0.2, -0.15) is 0 Å². The van der Waals surface area contributed by atoms with Gasteiger partial charge in [0.15, 0.2) is 0 Å². The molecule has 0 spiro atoms. The summed E-state index contributed by atoms with van der Waals surface area (Å²) in [5.41, 5.74) is 2.54. The topological polar surface area (TPSA) is 53.5 Å². The van der Waals surface area contributed by atoms with Crippen molar-refractivity contribution >= 4 is 22.7 Å². The van der Waals surface area contributed by atoms with E-state index in [0.29, 0.717) is 25.2 Å². The third-order valence-electron chi connectivity index (χ3n) is 5.88. The molecule has 30 heavy (non-hydrogen) atoms. The predicted octanol–water partition coefficient (Wildman–Crippen LogP) is 3.74. The summed E-state index contributed by atoms with van der Waals surface area (Å²) in [6.07, 6.45) is 3.05. The Morgan fingerprint density at radius 2 is 1.87 bits per heavy atom. The summed E-state index contributed by atoms with van der Waals surface area (Å²) in [6, 6.07) is 19.8. The number of rotatable bonds is 5. The van der Waals surface area contributed by atoms with E-state index in [1.807, 2.05) is 53.4 Å². The van der Waals surface area contributed by atoms with E-state index in [-0.39, 0.29) is 23.7 Å². The van der Waals surface area contributed by atoms with Crippen molar-refractivity contribution in [1.29, 1.82) is 0 Å². The van der Waals surface area contributed by atoms with Crippen molar-refractivity contribution in [3.8, 4) is 0 Å². The Morgan fingerprint density at radius 3 is 2.63 bits per heavy atom. The first-order valence-corrected chi connectivity index (χ1v) is 10.1. The van der Waals surface area contributed by atoms with Crippen molar-refractivity contribution in [2.45, 2.75) is 5.92 Å². The minimum Gasteiger partial charge on any atom is -0.342 e. The van der Waals surface area contributed by atoms with E-state index < -0.39 is 0 Å². The number of pyridine rings is 1. The molecule has 1 aliphatic heterocycles. The fourth-order valence-electron chi connectivity index (χ4n) is 4.34. The molecule has 1 aliphatic rings. The lowest BCUT2D eigenvalue weighted by Crippen LogP contribution is -2.34. The fourth-order valence-corrected chi connectivity index (χ4v) is 4.34. The van der Waals surface area contributed by atoms with Crippen LogP contribution in [-0.4, -0.2) is 53.3 Å². The molecule has 1 saturated heterocycles. The molecule has 4 rings (SSSR count).